The summed E-state index contributed by atoms with van der Waals surface area (Å²) in [4.78, 5) is 33.0. The number of aliphatic imine (C=N–C) groups is 1. The summed E-state index contributed by atoms with van der Waals surface area (Å²) < 4.78 is 10.4. The maximum atomic E-state index is 11.0. The molecular weight excluding hydrogens is 757 g/mol. The topological polar surface area (TPSA) is 93.7 Å². The maximum absolute atomic E-state index is 11.0. The van der Waals surface area contributed by atoms with Gasteiger partial charge in [0.1, 0.15) is 23.2 Å². The Balaban J connectivity index is 0.000000384. The Labute approximate surface area is 374 Å². The second kappa shape index (κ2) is 22.9. The highest BCUT2D eigenvalue weighted by Gasteiger charge is 2.35. The highest BCUT2D eigenvalue weighted by molar-refractivity contribution is 5.85. The summed E-state index contributed by atoms with van der Waals surface area (Å²) in [6.07, 6.45) is 3.96. The molecule has 10 heteroatoms. The van der Waals surface area contributed by atoms with E-state index in [1.807, 2.05) is 80.2 Å². The molecule has 0 N–H and O–H groups in total. The van der Waals surface area contributed by atoms with Crippen LogP contribution < -0.4 is 4.74 Å². The molecule has 0 bridgehead atoms. The highest BCUT2D eigenvalue weighted by Crippen LogP contribution is 2.38. The fourth-order valence-electron chi connectivity index (χ4n) is 8.75. The molecular formula is C51H90N8O2. The van der Waals surface area contributed by atoms with Gasteiger partial charge in [0.15, 0.2) is 0 Å². The van der Waals surface area contributed by atoms with Crippen molar-refractivity contribution < 1.29 is 9.53 Å². The summed E-state index contributed by atoms with van der Waals surface area (Å²) in [5.74, 6) is 4.50. The molecule has 0 atom stereocenters. The van der Waals surface area contributed by atoms with Gasteiger partial charge in [0.05, 0.1) is 23.0 Å². The van der Waals surface area contributed by atoms with Gasteiger partial charge in [0, 0.05) is 82.7 Å². The van der Waals surface area contributed by atoms with Crippen LogP contribution in [0, 0.1) is 48.5 Å². The zero-order chi connectivity index (χ0) is 47.6. The molecule has 3 aromatic heterocycles. The highest BCUT2D eigenvalue weighted by atomic mass is 16.5. The van der Waals surface area contributed by atoms with Gasteiger partial charge in [-0.3, -0.25) is 14.8 Å². The third-order valence-corrected chi connectivity index (χ3v) is 11.4. The van der Waals surface area contributed by atoms with Crippen molar-refractivity contribution in [3.8, 4) is 5.75 Å². The van der Waals surface area contributed by atoms with Crippen LogP contribution >= 0.6 is 0 Å². The lowest BCUT2D eigenvalue weighted by Gasteiger charge is -2.32. The first-order valence-corrected chi connectivity index (χ1v) is 22.9. The number of aryl methyl sites for hydroxylation is 6. The molecule has 1 amide bonds. The quantitative estimate of drug-likeness (QED) is 0.235. The van der Waals surface area contributed by atoms with Crippen LogP contribution in [0.3, 0.4) is 0 Å². The Morgan fingerprint density at radius 1 is 0.738 bits per heavy atom. The van der Waals surface area contributed by atoms with E-state index >= 15 is 0 Å². The molecule has 0 spiro atoms. The van der Waals surface area contributed by atoms with E-state index in [0.717, 1.165) is 45.8 Å². The molecule has 1 aliphatic heterocycles. The van der Waals surface area contributed by atoms with Crippen molar-refractivity contribution in [2.75, 3.05) is 0 Å². The van der Waals surface area contributed by atoms with Crippen molar-refractivity contribution in [1.29, 1.82) is 0 Å². The zero-order valence-corrected chi connectivity index (χ0v) is 43.8. The molecule has 0 radical (unpaired) electrons. The number of amidine groups is 1. The first-order valence-electron chi connectivity index (χ1n) is 22.9. The number of fused-ring (bicyclic) bond motifs is 1. The Bertz CT molecular complexity index is 1910. The van der Waals surface area contributed by atoms with Crippen molar-refractivity contribution in [2.24, 2.45) is 4.99 Å². The summed E-state index contributed by atoms with van der Waals surface area (Å²) in [5, 5.41) is 0. The predicted molar refractivity (Wildman–Crippen MR) is 260 cm³/mol. The van der Waals surface area contributed by atoms with Crippen LogP contribution in [0.15, 0.2) is 23.3 Å². The molecule has 0 saturated heterocycles. The fraction of sp³-hybridized carbons (Fsp3) is 0.706. The van der Waals surface area contributed by atoms with Gasteiger partial charge >= 0.3 is 0 Å². The minimum atomic E-state index is -0.103. The first-order chi connectivity index (χ1) is 27.8. The normalized spacial score (nSPS) is 15.1. The van der Waals surface area contributed by atoms with Gasteiger partial charge in [-0.25, -0.2) is 9.97 Å². The molecule has 0 fully saturated rings. The maximum Gasteiger partial charge on any atom is 0.219 e. The smallest absolute Gasteiger partial charge is 0.219 e. The van der Waals surface area contributed by atoms with Crippen LogP contribution in [0.5, 0.6) is 5.75 Å². The Kier molecular flexibility index (Phi) is 20.7. The Morgan fingerprint density at radius 3 is 1.57 bits per heavy atom. The number of nitrogens with zero attached hydrogens (tertiary/aromatic N) is 8. The number of ether oxygens (including phenoxy) is 1. The molecule has 0 aromatic carbocycles. The molecule has 5 rings (SSSR count). The van der Waals surface area contributed by atoms with E-state index in [0.29, 0.717) is 35.6 Å². The molecule has 4 heterocycles. The molecule has 346 valence electrons. The summed E-state index contributed by atoms with van der Waals surface area (Å²) >= 11 is 0. The summed E-state index contributed by atoms with van der Waals surface area (Å²) in [6, 6.07) is 4.13. The molecule has 61 heavy (non-hydrogen) atoms. The summed E-state index contributed by atoms with van der Waals surface area (Å²) in [5.41, 5.74) is 9.78. The van der Waals surface area contributed by atoms with Crippen LogP contribution in [0.25, 0.3) is 0 Å². The van der Waals surface area contributed by atoms with E-state index in [1.165, 1.54) is 42.2 Å². The van der Waals surface area contributed by atoms with Gasteiger partial charge in [-0.15, -0.1) is 0 Å². The Morgan fingerprint density at radius 2 is 1.25 bits per heavy atom. The average molecular weight is 847 g/mol. The van der Waals surface area contributed by atoms with Crippen molar-refractivity contribution in [1.82, 2.24) is 33.9 Å². The van der Waals surface area contributed by atoms with Gasteiger partial charge in [-0.1, -0.05) is 20.4 Å². The molecule has 10 nitrogen and oxygen atoms in total. The van der Waals surface area contributed by atoms with Gasteiger partial charge < -0.3 is 23.7 Å². The summed E-state index contributed by atoms with van der Waals surface area (Å²) in [7, 11) is 0. The first kappa shape index (κ1) is 55.1. The van der Waals surface area contributed by atoms with E-state index in [9.17, 15) is 4.79 Å². The SMILES string of the molecule is C=C1N(C(C)C)C(C)=NC1(C)C.CC(=O)N(C(C)C)C(C)C.Cc1cc(OC(C)C)c(C)c(C)n1.Cc1nc(C)n(C(C)C)c1C.Cc1nc2c(n1C(C)C)C(C)(C)CCC2. The van der Waals surface area contributed by atoms with Crippen LogP contribution in [-0.4, -0.2) is 75.4 Å². The second-order valence-electron chi connectivity index (χ2n) is 19.8. The third kappa shape index (κ3) is 15.1. The number of rotatable bonds is 7. The van der Waals surface area contributed by atoms with Crippen LogP contribution in [0.1, 0.15) is 201 Å². The number of carbonyl (C=O) groups is 1. The molecule has 3 aromatic rings. The van der Waals surface area contributed by atoms with Gasteiger partial charge in [-0.05, 0) is 172 Å². The van der Waals surface area contributed by atoms with Crippen LogP contribution in [0.4, 0.5) is 0 Å². The predicted octanol–water partition coefficient (Wildman–Crippen LogP) is 12.6. The molecule has 0 saturated carbocycles. The molecule has 1 aliphatic carbocycles. The minimum absolute atomic E-state index is 0.103. The van der Waals surface area contributed by atoms with Crippen molar-refractivity contribution in [2.45, 2.75) is 240 Å². The molecule has 2 aliphatic rings. The van der Waals surface area contributed by atoms with Gasteiger partial charge in [0.2, 0.25) is 5.91 Å². The fourth-order valence-corrected chi connectivity index (χ4v) is 8.75. The van der Waals surface area contributed by atoms with Gasteiger partial charge in [-0.2, -0.15) is 0 Å². The lowest BCUT2D eigenvalue weighted by Crippen LogP contribution is -2.40. The van der Waals surface area contributed by atoms with E-state index in [4.69, 9.17) is 9.72 Å². The van der Waals surface area contributed by atoms with E-state index in [2.05, 4.69) is 133 Å². The standard InChI is InChI=1S/C13H22N2.C11H17NO.C10H18N2.C9H16N2.C8H17NO/c1-9(2)15-10(3)14-11-7-6-8-13(4,5)12(11)15;1-7(2)13-11-6-8(3)12-10(5)9(11)4;1-7(2)12-8(3)10(5,6)11-9(12)4;1-6(2)11-8(4)7(3)10-9(11)5;1-6(2)9(7(3)4)8(5)10/h9H,6-8H2,1-5H3;6-7H,1-5H3;7H,3H2,1-2,4-6H3;6H,1-5H3;6-7H,1-5H3. The number of hydrogen-bond acceptors (Lipinski definition) is 7. The average Bonchev–Trinajstić information content (AvgIpc) is 3.64. The largest absolute Gasteiger partial charge is 0.491 e. The van der Waals surface area contributed by atoms with Crippen molar-refractivity contribution in [3.63, 3.8) is 0 Å². The number of imidazole rings is 2. The van der Waals surface area contributed by atoms with E-state index < -0.39 is 0 Å². The Hall–Kier alpha value is -3.95. The number of hydrogen-bond donors (Lipinski definition) is 0. The minimum Gasteiger partial charge on any atom is -0.491 e. The second-order valence-corrected chi connectivity index (χ2v) is 19.8. The number of aromatic nitrogens is 5. The molecule has 0 unspecified atom stereocenters. The third-order valence-electron chi connectivity index (χ3n) is 11.4. The monoisotopic (exact) mass is 847 g/mol. The van der Waals surface area contributed by atoms with E-state index in [-0.39, 0.29) is 17.6 Å². The summed E-state index contributed by atoms with van der Waals surface area (Å²) in [6.45, 7) is 56.4. The van der Waals surface area contributed by atoms with Crippen molar-refractivity contribution in [3.05, 3.63) is 69.7 Å². The number of carbonyl (C=O) groups excluding carboxylic acids is 1. The lowest BCUT2D eigenvalue weighted by molar-refractivity contribution is -0.132. The van der Waals surface area contributed by atoms with E-state index in [1.54, 1.807) is 6.92 Å². The lowest BCUT2D eigenvalue weighted by atomic mass is 9.77. The van der Waals surface area contributed by atoms with Crippen LogP contribution in [0.2, 0.25) is 0 Å². The number of amides is 1. The van der Waals surface area contributed by atoms with Crippen LogP contribution in [-0.2, 0) is 16.6 Å². The van der Waals surface area contributed by atoms with Gasteiger partial charge in [0.25, 0.3) is 0 Å². The van der Waals surface area contributed by atoms with Crippen molar-refractivity contribution >= 4 is 11.7 Å². The zero-order valence-electron chi connectivity index (χ0n) is 43.8. The number of pyridine rings is 1.